The van der Waals surface area contributed by atoms with Gasteiger partial charge in [-0.15, -0.1) is 0 Å². The maximum Gasteiger partial charge on any atom is 0.175 e. The number of ether oxygens (including phenoxy) is 2. The summed E-state index contributed by atoms with van der Waals surface area (Å²) in [7, 11) is 3.12. The monoisotopic (exact) mass is 272 g/mol. The zero-order valence-corrected chi connectivity index (χ0v) is 10.8. The molecule has 0 aliphatic carbocycles. The zero-order chi connectivity index (χ0) is 11.6. The van der Waals surface area contributed by atoms with Gasteiger partial charge >= 0.3 is 0 Å². The van der Waals surface area contributed by atoms with Gasteiger partial charge in [-0.25, -0.2) is 0 Å². The molecule has 4 heteroatoms. The van der Waals surface area contributed by atoms with Crippen LogP contribution in [0.4, 0.5) is 0 Å². The van der Waals surface area contributed by atoms with Crippen molar-refractivity contribution in [1.82, 2.24) is 0 Å². The van der Waals surface area contributed by atoms with Crippen molar-refractivity contribution in [3.63, 3.8) is 0 Å². The third-order valence-corrected chi connectivity index (χ3v) is 2.82. The molecule has 3 nitrogen and oxygen atoms in total. The molecule has 0 radical (unpaired) electrons. The summed E-state index contributed by atoms with van der Waals surface area (Å²) in [6, 6.07) is 1.75. The Labute approximate surface area is 97.5 Å². The summed E-state index contributed by atoms with van der Waals surface area (Å²) in [5.41, 5.74) is 1.43. The average Bonchev–Trinajstić information content (AvgIpc) is 2.19. The lowest BCUT2D eigenvalue weighted by atomic mass is 10.0. The summed E-state index contributed by atoms with van der Waals surface area (Å²) in [4.78, 5) is 11.4. The highest BCUT2D eigenvalue weighted by atomic mass is 79.9. The molecule has 0 unspecified atom stereocenters. The van der Waals surface area contributed by atoms with E-state index in [9.17, 15) is 4.79 Å². The first-order valence-electron chi connectivity index (χ1n) is 4.45. The van der Waals surface area contributed by atoms with Crippen molar-refractivity contribution < 1.29 is 14.3 Å². The van der Waals surface area contributed by atoms with Gasteiger partial charge in [0, 0.05) is 11.1 Å². The summed E-state index contributed by atoms with van der Waals surface area (Å²) in [5.74, 6) is 1.21. The first kappa shape index (κ1) is 12.0. The number of carbonyl (C=O) groups excluding carboxylic acids is 1. The van der Waals surface area contributed by atoms with E-state index in [1.54, 1.807) is 20.3 Å². The molecule has 0 atom stereocenters. The van der Waals surface area contributed by atoms with E-state index in [1.807, 2.05) is 6.92 Å². The van der Waals surface area contributed by atoms with E-state index in [4.69, 9.17) is 9.47 Å². The molecule has 0 N–H and O–H groups in total. The van der Waals surface area contributed by atoms with Crippen LogP contribution in [0.25, 0.3) is 0 Å². The Morgan fingerprint density at radius 3 is 2.20 bits per heavy atom. The highest BCUT2D eigenvalue weighted by molar-refractivity contribution is 9.10. The molecule has 0 aliphatic heterocycles. The number of Topliss-reactive ketones (excluding diaryl/α,β-unsaturated/α-hetero) is 1. The van der Waals surface area contributed by atoms with Gasteiger partial charge in [-0.05, 0) is 35.8 Å². The number of hydrogen-bond acceptors (Lipinski definition) is 3. The van der Waals surface area contributed by atoms with Crippen LogP contribution in [0, 0.1) is 6.92 Å². The number of benzene rings is 1. The van der Waals surface area contributed by atoms with E-state index < -0.39 is 0 Å². The van der Waals surface area contributed by atoms with Crippen LogP contribution in [0.2, 0.25) is 0 Å². The fourth-order valence-electron chi connectivity index (χ4n) is 1.50. The van der Waals surface area contributed by atoms with Gasteiger partial charge in [0.25, 0.3) is 0 Å². The second-order valence-corrected chi connectivity index (χ2v) is 4.01. The molecular formula is C11H13BrO3. The Hall–Kier alpha value is -1.03. The Morgan fingerprint density at radius 2 is 1.80 bits per heavy atom. The minimum absolute atomic E-state index is 0.00848. The fourth-order valence-corrected chi connectivity index (χ4v) is 2.07. The Morgan fingerprint density at radius 1 is 1.27 bits per heavy atom. The lowest BCUT2D eigenvalue weighted by molar-refractivity contribution is 0.101. The van der Waals surface area contributed by atoms with Crippen LogP contribution < -0.4 is 9.47 Å². The smallest absolute Gasteiger partial charge is 0.175 e. The Balaban J connectivity index is 3.51. The van der Waals surface area contributed by atoms with Crippen LogP contribution in [-0.4, -0.2) is 20.0 Å². The maximum absolute atomic E-state index is 11.4. The summed E-state index contributed by atoms with van der Waals surface area (Å²) in [6.45, 7) is 3.37. The number of ketones is 1. The minimum Gasteiger partial charge on any atom is -0.493 e. The van der Waals surface area contributed by atoms with Crippen molar-refractivity contribution >= 4 is 21.7 Å². The molecule has 0 spiro atoms. The van der Waals surface area contributed by atoms with E-state index >= 15 is 0 Å². The predicted molar refractivity (Wildman–Crippen MR) is 62.0 cm³/mol. The molecule has 0 saturated heterocycles. The standard InChI is InChI=1S/C11H13BrO3/c1-6-8(7(2)13)5-9(12)11(15-4)10(6)14-3/h5H,1-4H3. The van der Waals surface area contributed by atoms with Gasteiger partial charge in [-0.2, -0.15) is 0 Å². The third-order valence-electron chi connectivity index (χ3n) is 2.23. The molecule has 0 amide bonds. The third kappa shape index (κ3) is 2.15. The van der Waals surface area contributed by atoms with Crippen molar-refractivity contribution in [2.24, 2.45) is 0 Å². The topological polar surface area (TPSA) is 35.5 Å². The van der Waals surface area contributed by atoms with E-state index in [2.05, 4.69) is 15.9 Å². The van der Waals surface area contributed by atoms with Crippen LogP contribution in [0.3, 0.4) is 0 Å². The van der Waals surface area contributed by atoms with Crippen LogP contribution in [0.1, 0.15) is 22.8 Å². The van der Waals surface area contributed by atoms with Gasteiger partial charge in [0.05, 0.1) is 18.7 Å². The van der Waals surface area contributed by atoms with Crippen molar-refractivity contribution in [3.05, 3.63) is 21.7 Å². The molecule has 0 bridgehead atoms. The Kier molecular flexibility index (Phi) is 3.74. The highest BCUT2D eigenvalue weighted by Crippen LogP contribution is 2.39. The normalized spacial score (nSPS) is 9.93. The van der Waals surface area contributed by atoms with Crippen LogP contribution in [0.15, 0.2) is 10.5 Å². The Bertz CT molecular complexity index is 399. The second kappa shape index (κ2) is 4.66. The van der Waals surface area contributed by atoms with Gasteiger partial charge in [0.2, 0.25) is 0 Å². The van der Waals surface area contributed by atoms with E-state index in [1.165, 1.54) is 6.92 Å². The molecule has 0 saturated carbocycles. The van der Waals surface area contributed by atoms with Gasteiger partial charge < -0.3 is 9.47 Å². The van der Waals surface area contributed by atoms with E-state index in [0.717, 1.165) is 10.0 Å². The van der Waals surface area contributed by atoms with Crippen molar-refractivity contribution in [3.8, 4) is 11.5 Å². The molecule has 0 fully saturated rings. The molecule has 82 valence electrons. The molecule has 1 aromatic rings. The number of hydrogen-bond donors (Lipinski definition) is 0. The van der Waals surface area contributed by atoms with Crippen molar-refractivity contribution in [1.29, 1.82) is 0 Å². The molecule has 0 heterocycles. The molecular weight excluding hydrogens is 260 g/mol. The van der Waals surface area contributed by atoms with Crippen molar-refractivity contribution in [2.45, 2.75) is 13.8 Å². The number of carbonyl (C=O) groups is 1. The average molecular weight is 273 g/mol. The molecule has 1 rings (SSSR count). The second-order valence-electron chi connectivity index (χ2n) is 3.15. The SMILES string of the molecule is COc1c(Br)cc(C(C)=O)c(C)c1OC. The highest BCUT2D eigenvalue weighted by Gasteiger charge is 2.17. The van der Waals surface area contributed by atoms with E-state index in [-0.39, 0.29) is 5.78 Å². The van der Waals surface area contributed by atoms with Crippen molar-refractivity contribution in [2.75, 3.05) is 14.2 Å². The summed E-state index contributed by atoms with van der Waals surface area (Å²) in [5, 5.41) is 0. The van der Waals surface area contributed by atoms with Crippen LogP contribution in [-0.2, 0) is 0 Å². The maximum atomic E-state index is 11.4. The largest absolute Gasteiger partial charge is 0.493 e. The predicted octanol–water partition coefficient (Wildman–Crippen LogP) is 2.98. The number of methoxy groups -OCH3 is 2. The number of halogens is 1. The van der Waals surface area contributed by atoms with Crippen LogP contribution in [0.5, 0.6) is 11.5 Å². The number of rotatable bonds is 3. The van der Waals surface area contributed by atoms with Gasteiger partial charge in [0.15, 0.2) is 17.3 Å². The van der Waals surface area contributed by atoms with E-state index in [0.29, 0.717) is 17.1 Å². The molecule has 1 aromatic carbocycles. The van der Waals surface area contributed by atoms with Gasteiger partial charge in [-0.1, -0.05) is 0 Å². The quantitative estimate of drug-likeness (QED) is 0.794. The lowest BCUT2D eigenvalue weighted by Gasteiger charge is -2.14. The minimum atomic E-state index is 0.00848. The molecule has 15 heavy (non-hydrogen) atoms. The van der Waals surface area contributed by atoms with Gasteiger partial charge in [-0.3, -0.25) is 4.79 Å². The zero-order valence-electron chi connectivity index (χ0n) is 9.18. The summed E-state index contributed by atoms with van der Waals surface area (Å²) < 4.78 is 11.2. The first-order valence-corrected chi connectivity index (χ1v) is 5.24. The van der Waals surface area contributed by atoms with Crippen LogP contribution >= 0.6 is 15.9 Å². The summed E-state index contributed by atoms with van der Waals surface area (Å²) in [6.07, 6.45) is 0. The first-order chi connectivity index (χ1) is 7.02. The fraction of sp³-hybridized carbons (Fsp3) is 0.364. The molecule has 0 aromatic heterocycles. The summed E-state index contributed by atoms with van der Waals surface area (Å²) >= 11 is 3.34. The molecule has 0 aliphatic rings. The van der Waals surface area contributed by atoms with Gasteiger partial charge in [0.1, 0.15) is 0 Å². The lowest BCUT2D eigenvalue weighted by Crippen LogP contribution is -2.02.